The van der Waals surface area contributed by atoms with Crippen LogP contribution in [0.4, 0.5) is 5.69 Å². The standard InChI is InChI=1S/C11H13NO3/c1-14-11(13)10-4-2-7-6-8(12)3-5-9(7)15-10/h3,5-6,10H,2,4,12H2,1H3. The van der Waals surface area contributed by atoms with E-state index in [-0.39, 0.29) is 5.97 Å². The molecule has 0 aliphatic carbocycles. The predicted octanol–water partition coefficient (Wildman–Crippen LogP) is 1.14. The fourth-order valence-corrected chi connectivity index (χ4v) is 1.71. The number of carbonyl (C=O) groups is 1. The minimum atomic E-state index is -0.480. The molecule has 4 nitrogen and oxygen atoms in total. The van der Waals surface area contributed by atoms with Crippen LogP contribution in [0.25, 0.3) is 0 Å². The first kappa shape index (κ1) is 9.83. The van der Waals surface area contributed by atoms with Crippen molar-refractivity contribution in [3.8, 4) is 5.75 Å². The van der Waals surface area contributed by atoms with E-state index in [9.17, 15) is 4.79 Å². The summed E-state index contributed by atoms with van der Waals surface area (Å²) in [4.78, 5) is 11.3. The van der Waals surface area contributed by atoms with E-state index >= 15 is 0 Å². The Morgan fingerprint density at radius 2 is 2.40 bits per heavy atom. The van der Waals surface area contributed by atoms with E-state index in [4.69, 9.17) is 10.5 Å². The average molecular weight is 207 g/mol. The van der Waals surface area contributed by atoms with Gasteiger partial charge in [0.15, 0.2) is 6.10 Å². The number of esters is 1. The van der Waals surface area contributed by atoms with Crippen molar-refractivity contribution >= 4 is 11.7 Å². The second-order valence-corrected chi connectivity index (χ2v) is 3.54. The molecule has 0 bridgehead atoms. The van der Waals surface area contributed by atoms with Crippen molar-refractivity contribution in [2.75, 3.05) is 12.8 Å². The van der Waals surface area contributed by atoms with Crippen molar-refractivity contribution in [2.24, 2.45) is 0 Å². The third-order valence-electron chi connectivity index (χ3n) is 2.49. The number of methoxy groups -OCH3 is 1. The number of rotatable bonds is 1. The maximum atomic E-state index is 11.3. The van der Waals surface area contributed by atoms with Gasteiger partial charge in [0, 0.05) is 5.69 Å². The van der Waals surface area contributed by atoms with Crippen molar-refractivity contribution in [3.63, 3.8) is 0 Å². The van der Waals surface area contributed by atoms with Gasteiger partial charge in [-0.1, -0.05) is 0 Å². The van der Waals surface area contributed by atoms with Crippen LogP contribution in [0.2, 0.25) is 0 Å². The first-order valence-corrected chi connectivity index (χ1v) is 4.83. The molecule has 0 amide bonds. The molecule has 0 saturated carbocycles. The molecule has 1 aliphatic rings. The van der Waals surface area contributed by atoms with Crippen LogP contribution in [0.15, 0.2) is 18.2 Å². The minimum absolute atomic E-state index is 0.322. The largest absolute Gasteiger partial charge is 0.478 e. The van der Waals surface area contributed by atoms with Gasteiger partial charge in [0.2, 0.25) is 0 Å². The van der Waals surface area contributed by atoms with Crippen molar-refractivity contribution in [1.82, 2.24) is 0 Å². The van der Waals surface area contributed by atoms with Gasteiger partial charge < -0.3 is 15.2 Å². The maximum absolute atomic E-state index is 11.3. The Morgan fingerprint density at radius 3 is 3.13 bits per heavy atom. The summed E-state index contributed by atoms with van der Waals surface area (Å²) in [5.41, 5.74) is 7.42. The van der Waals surface area contributed by atoms with Crippen LogP contribution in [0.5, 0.6) is 5.75 Å². The van der Waals surface area contributed by atoms with Crippen molar-refractivity contribution in [3.05, 3.63) is 23.8 Å². The molecule has 80 valence electrons. The molecule has 1 heterocycles. The summed E-state index contributed by atoms with van der Waals surface area (Å²) in [5.74, 6) is 0.406. The molecule has 0 spiro atoms. The zero-order valence-electron chi connectivity index (χ0n) is 8.53. The molecule has 1 atom stereocenters. The van der Waals surface area contributed by atoms with Gasteiger partial charge in [0.25, 0.3) is 0 Å². The summed E-state index contributed by atoms with van der Waals surface area (Å²) in [6, 6.07) is 5.43. The number of hydrogen-bond acceptors (Lipinski definition) is 4. The van der Waals surface area contributed by atoms with Crippen LogP contribution in [0.3, 0.4) is 0 Å². The van der Waals surface area contributed by atoms with E-state index in [1.807, 2.05) is 6.07 Å². The highest BCUT2D eigenvalue weighted by atomic mass is 16.6. The molecule has 0 aromatic heterocycles. The van der Waals surface area contributed by atoms with Crippen molar-refractivity contribution < 1.29 is 14.3 Å². The van der Waals surface area contributed by atoms with E-state index in [1.54, 1.807) is 12.1 Å². The lowest BCUT2D eigenvalue weighted by molar-refractivity contribution is -0.149. The third kappa shape index (κ3) is 1.88. The van der Waals surface area contributed by atoms with Gasteiger partial charge in [-0.15, -0.1) is 0 Å². The molecular weight excluding hydrogens is 194 g/mol. The quantitative estimate of drug-likeness (QED) is 0.554. The highest BCUT2D eigenvalue weighted by Gasteiger charge is 2.26. The fourth-order valence-electron chi connectivity index (χ4n) is 1.71. The lowest BCUT2D eigenvalue weighted by atomic mass is 10.0. The molecular formula is C11H13NO3. The number of aryl methyl sites for hydroxylation is 1. The summed E-state index contributed by atoms with van der Waals surface area (Å²) in [5, 5.41) is 0. The Bertz CT molecular complexity index is 389. The molecule has 1 aromatic rings. The van der Waals surface area contributed by atoms with E-state index in [2.05, 4.69) is 4.74 Å². The topological polar surface area (TPSA) is 61.5 Å². The van der Waals surface area contributed by atoms with Crippen LogP contribution in [0.1, 0.15) is 12.0 Å². The number of benzene rings is 1. The molecule has 0 radical (unpaired) electrons. The van der Waals surface area contributed by atoms with E-state index in [1.165, 1.54) is 7.11 Å². The van der Waals surface area contributed by atoms with Crippen LogP contribution in [0, 0.1) is 0 Å². The number of hydrogen-bond donors (Lipinski definition) is 1. The fraction of sp³-hybridized carbons (Fsp3) is 0.364. The molecule has 2 rings (SSSR count). The highest BCUT2D eigenvalue weighted by molar-refractivity contribution is 5.75. The molecule has 4 heteroatoms. The number of carbonyl (C=O) groups excluding carboxylic acids is 1. The van der Waals surface area contributed by atoms with Gasteiger partial charge in [0.1, 0.15) is 5.75 Å². The predicted molar refractivity (Wildman–Crippen MR) is 55.6 cm³/mol. The zero-order chi connectivity index (χ0) is 10.8. The van der Waals surface area contributed by atoms with Gasteiger partial charge in [-0.2, -0.15) is 0 Å². The van der Waals surface area contributed by atoms with Crippen molar-refractivity contribution in [1.29, 1.82) is 0 Å². The van der Waals surface area contributed by atoms with Gasteiger partial charge >= 0.3 is 5.97 Å². The van der Waals surface area contributed by atoms with Gasteiger partial charge in [0.05, 0.1) is 7.11 Å². The Labute approximate surface area is 88.0 Å². The first-order chi connectivity index (χ1) is 7.20. The number of fused-ring (bicyclic) bond motifs is 1. The molecule has 2 N–H and O–H groups in total. The third-order valence-corrected chi connectivity index (χ3v) is 2.49. The Balaban J connectivity index is 2.20. The summed E-state index contributed by atoms with van der Waals surface area (Å²) in [6.45, 7) is 0. The van der Waals surface area contributed by atoms with E-state index in [0.29, 0.717) is 12.1 Å². The monoisotopic (exact) mass is 207 g/mol. The summed E-state index contributed by atoms with van der Waals surface area (Å²) in [6.07, 6.45) is 0.953. The average Bonchev–Trinajstić information content (AvgIpc) is 2.27. The normalized spacial score (nSPS) is 18.9. The summed E-state index contributed by atoms with van der Waals surface area (Å²) in [7, 11) is 1.37. The molecule has 0 fully saturated rings. The molecule has 15 heavy (non-hydrogen) atoms. The Morgan fingerprint density at radius 1 is 1.60 bits per heavy atom. The van der Waals surface area contributed by atoms with Crippen LogP contribution < -0.4 is 10.5 Å². The van der Waals surface area contributed by atoms with E-state index < -0.39 is 6.10 Å². The lowest BCUT2D eigenvalue weighted by Crippen LogP contribution is -2.32. The maximum Gasteiger partial charge on any atom is 0.347 e. The first-order valence-electron chi connectivity index (χ1n) is 4.83. The van der Waals surface area contributed by atoms with Crippen LogP contribution in [-0.2, 0) is 16.0 Å². The van der Waals surface area contributed by atoms with Gasteiger partial charge in [-0.05, 0) is 36.6 Å². The second kappa shape index (κ2) is 3.81. The summed E-state index contributed by atoms with van der Waals surface area (Å²) < 4.78 is 10.1. The number of ether oxygens (including phenoxy) is 2. The molecule has 1 aliphatic heterocycles. The van der Waals surface area contributed by atoms with Gasteiger partial charge in [-0.25, -0.2) is 4.79 Å². The minimum Gasteiger partial charge on any atom is -0.478 e. The SMILES string of the molecule is COC(=O)C1CCc2cc(N)ccc2O1. The molecule has 1 unspecified atom stereocenters. The number of anilines is 1. The number of nitrogen functional groups attached to an aromatic ring is 1. The second-order valence-electron chi connectivity index (χ2n) is 3.54. The summed E-state index contributed by atoms with van der Waals surface area (Å²) >= 11 is 0. The smallest absolute Gasteiger partial charge is 0.347 e. The number of nitrogens with two attached hydrogens (primary N) is 1. The molecule has 1 aromatic carbocycles. The zero-order valence-corrected chi connectivity index (χ0v) is 8.53. The molecule has 0 saturated heterocycles. The van der Waals surface area contributed by atoms with Crippen LogP contribution in [-0.4, -0.2) is 19.2 Å². The van der Waals surface area contributed by atoms with E-state index in [0.717, 1.165) is 17.7 Å². The van der Waals surface area contributed by atoms with Crippen LogP contribution >= 0.6 is 0 Å². The Hall–Kier alpha value is -1.71. The Kier molecular flexibility index (Phi) is 2.49. The lowest BCUT2D eigenvalue weighted by Gasteiger charge is -2.24. The van der Waals surface area contributed by atoms with Gasteiger partial charge in [-0.3, -0.25) is 0 Å². The highest BCUT2D eigenvalue weighted by Crippen LogP contribution is 2.29. The van der Waals surface area contributed by atoms with Crippen molar-refractivity contribution in [2.45, 2.75) is 18.9 Å².